The lowest BCUT2D eigenvalue weighted by molar-refractivity contribution is -0.333. The van der Waals surface area contributed by atoms with Gasteiger partial charge in [-0.25, -0.2) is 9.59 Å². The van der Waals surface area contributed by atoms with Crippen LogP contribution in [-0.2, 0) is 47.5 Å². The minimum Gasteiger partial charge on any atom is -0.505 e. The summed E-state index contributed by atoms with van der Waals surface area (Å²) in [4.78, 5) is 39.8. The predicted octanol–water partition coefficient (Wildman–Crippen LogP) is 5.98. The van der Waals surface area contributed by atoms with E-state index in [0.717, 1.165) is 0 Å². The van der Waals surface area contributed by atoms with E-state index in [1.54, 1.807) is 46.8 Å². The van der Waals surface area contributed by atoms with Crippen LogP contribution in [0.3, 0.4) is 0 Å². The first-order chi connectivity index (χ1) is 33.2. The van der Waals surface area contributed by atoms with Crippen molar-refractivity contribution in [3.63, 3.8) is 0 Å². The first kappa shape index (κ1) is 59.7. The van der Waals surface area contributed by atoms with Crippen LogP contribution in [0.4, 0.5) is 0 Å². The van der Waals surface area contributed by atoms with E-state index in [4.69, 9.17) is 61.1 Å². The second kappa shape index (κ2) is 25.9. The Labute approximate surface area is 425 Å². The topological polar surface area (TPSA) is 267 Å². The minimum absolute atomic E-state index is 0.0285. The molecule has 18 nitrogen and oxygen atoms in total. The van der Waals surface area contributed by atoms with Crippen molar-refractivity contribution in [2.75, 3.05) is 13.7 Å². The third-order valence-corrected chi connectivity index (χ3v) is 13.6. The second-order valence-electron chi connectivity index (χ2n) is 19.2. The molecule has 4 rings (SSSR count). The highest BCUT2D eigenvalue weighted by atomic mass is 35.5. The number of phenolic OH excluding ortho intramolecular Hbond substituents is 2. The number of hydrogen-bond acceptors (Lipinski definition) is 18. The fourth-order valence-electron chi connectivity index (χ4n) is 8.37. The lowest BCUT2D eigenvalue weighted by Crippen LogP contribution is -2.64. The maximum absolute atomic E-state index is 13.9. The smallest absolute Gasteiger partial charge is 0.342 e. The molecule has 3 aliphatic rings. The van der Waals surface area contributed by atoms with E-state index >= 15 is 0 Å². The minimum atomic E-state index is -1.61. The van der Waals surface area contributed by atoms with Gasteiger partial charge < -0.3 is 73.6 Å². The zero-order chi connectivity index (χ0) is 53.4. The largest absolute Gasteiger partial charge is 0.505 e. The third-order valence-electron chi connectivity index (χ3n) is 12.8. The lowest BCUT2D eigenvalue weighted by atomic mass is 9.88. The number of aromatic hydroxyl groups is 2. The van der Waals surface area contributed by atoms with Gasteiger partial charge in [0.1, 0.15) is 46.7 Å². The van der Waals surface area contributed by atoms with Gasteiger partial charge in [-0.05, 0) is 91.0 Å². The fraction of sp³-hybridized carbons (Fsp3) is 0.627. The Hall–Kier alpha value is -3.89. The van der Waals surface area contributed by atoms with E-state index < -0.39 is 144 Å². The molecule has 14 atom stereocenters. The van der Waals surface area contributed by atoms with Gasteiger partial charge in [-0.1, -0.05) is 79.9 Å². The molecule has 2 saturated heterocycles. The highest BCUT2D eigenvalue weighted by Gasteiger charge is 2.53. The summed E-state index contributed by atoms with van der Waals surface area (Å²) in [5, 5.41) is 76.0. The van der Waals surface area contributed by atoms with Crippen molar-refractivity contribution < 1.29 is 88.0 Å². The van der Waals surface area contributed by atoms with Crippen molar-refractivity contribution in [1.82, 2.24) is 0 Å². The number of ether oxygens (including phenoxy) is 8. The van der Waals surface area contributed by atoms with Gasteiger partial charge in [-0.15, -0.1) is 0 Å². The van der Waals surface area contributed by atoms with Crippen molar-refractivity contribution in [2.45, 2.75) is 181 Å². The van der Waals surface area contributed by atoms with Crippen LogP contribution >= 0.6 is 23.2 Å². The molecule has 14 unspecified atom stereocenters. The standard InChI is InChI=1S/C51H72Cl2O18/c1-13-30-21-25(5)32(55)17-15-14-16-31(22-65-50-44(64-12)41(60)43(29(9)66-50)68-48(63)34-27(7)35(52)38(57)36(53)37(34)56)47(62)67-33(28(8)54)19-18-24(4)20-26(6)42(30)69-49-40(59)39(58)45(51(10,11)71-49)70-46(61)23(2)3/h14-16,18,20-21,23,28-30,32-33,39-45,49-50,54-60H,13,17,19,22H2,1-12H3/b15-14+,24-18+,25-21-,26-20+,31-16-. The van der Waals surface area contributed by atoms with Crippen molar-refractivity contribution in [1.29, 1.82) is 0 Å². The number of halogens is 2. The Bertz CT molecular complexity index is 2170. The summed E-state index contributed by atoms with van der Waals surface area (Å²) >= 11 is 12.1. The molecule has 3 heterocycles. The van der Waals surface area contributed by atoms with Crippen LogP contribution in [0.2, 0.25) is 10.0 Å². The van der Waals surface area contributed by atoms with E-state index in [0.29, 0.717) is 23.1 Å². The van der Waals surface area contributed by atoms with Crippen LogP contribution in [0.5, 0.6) is 11.5 Å². The van der Waals surface area contributed by atoms with Gasteiger partial charge in [0.25, 0.3) is 0 Å². The molecule has 1 aromatic rings. The summed E-state index contributed by atoms with van der Waals surface area (Å²) < 4.78 is 47.4. The molecule has 0 aliphatic carbocycles. The molecular formula is C51H72Cl2O18. The van der Waals surface area contributed by atoms with Crippen molar-refractivity contribution >= 4 is 41.1 Å². The number of rotatable bonds is 12. The average molecular weight is 1040 g/mol. The van der Waals surface area contributed by atoms with Gasteiger partial charge in [0.05, 0.1) is 47.5 Å². The molecule has 2 fully saturated rings. The van der Waals surface area contributed by atoms with Crippen LogP contribution in [0.25, 0.3) is 0 Å². The highest BCUT2D eigenvalue weighted by molar-refractivity contribution is 6.39. The Morgan fingerprint density at radius 2 is 1.56 bits per heavy atom. The quantitative estimate of drug-likeness (QED) is 0.0721. The van der Waals surface area contributed by atoms with Crippen molar-refractivity contribution in [2.24, 2.45) is 11.8 Å². The van der Waals surface area contributed by atoms with Gasteiger partial charge in [-0.2, -0.15) is 0 Å². The number of carbonyl (C=O) groups is 3. The van der Waals surface area contributed by atoms with Gasteiger partial charge in [0.2, 0.25) is 0 Å². The summed E-state index contributed by atoms with van der Waals surface area (Å²) in [5.74, 6) is -4.84. The van der Waals surface area contributed by atoms with Crippen LogP contribution in [0.15, 0.2) is 58.7 Å². The molecule has 3 aliphatic heterocycles. The normalized spacial score (nSPS) is 35.2. The number of methoxy groups -OCH3 is 1. The van der Waals surface area contributed by atoms with Crippen LogP contribution < -0.4 is 0 Å². The van der Waals surface area contributed by atoms with Crippen molar-refractivity contribution in [3.05, 3.63) is 79.9 Å². The van der Waals surface area contributed by atoms with E-state index in [-0.39, 0.29) is 29.0 Å². The molecule has 0 aromatic heterocycles. The Morgan fingerprint density at radius 1 is 0.901 bits per heavy atom. The molecule has 0 amide bonds. The zero-order valence-electron chi connectivity index (χ0n) is 42.3. The number of hydrogen-bond donors (Lipinski definition) is 7. The monoisotopic (exact) mass is 1040 g/mol. The summed E-state index contributed by atoms with van der Waals surface area (Å²) in [6.45, 7) is 17.8. The number of esters is 3. The van der Waals surface area contributed by atoms with E-state index in [1.807, 2.05) is 32.9 Å². The number of allylic oxidation sites excluding steroid dienone is 4. The molecule has 1 aromatic carbocycles. The predicted molar refractivity (Wildman–Crippen MR) is 260 cm³/mol. The molecule has 7 N–H and O–H groups in total. The highest BCUT2D eigenvalue weighted by Crippen LogP contribution is 2.44. The van der Waals surface area contributed by atoms with Gasteiger partial charge >= 0.3 is 17.9 Å². The average Bonchev–Trinajstić information content (AvgIpc) is 3.30. The first-order valence-corrected chi connectivity index (χ1v) is 24.4. The molecule has 0 saturated carbocycles. The van der Waals surface area contributed by atoms with Crippen LogP contribution in [0.1, 0.15) is 104 Å². The van der Waals surface area contributed by atoms with Crippen LogP contribution in [0, 0.1) is 18.8 Å². The van der Waals surface area contributed by atoms with Gasteiger partial charge in [0.15, 0.2) is 36.3 Å². The van der Waals surface area contributed by atoms with E-state index in [2.05, 4.69) is 0 Å². The van der Waals surface area contributed by atoms with E-state index in [1.165, 1.54) is 40.0 Å². The number of cyclic esters (lactones) is 1. The maximum atomic E-state index is 13.9. The molecule has 0 spiro atoms. The fourth-order valence-corrected chi connectivity index (χ4v) is 8.79. The number of carbonyl (C=O) groups excluding carboxylic acids is 3. The molecule has 398 valence electrons. The maximum Gasteiger partial charge on any atom is 0.342 e. The molecular weight excluding hydrogens is 971 g/mol. The Morgan fingerprint density at radius 3 is 2.17 bits per heavy atom. The van der Waals surface area contributed by atoms with Gasteiger partial charge in [0, 0.05) is 19.4 Å². The summed E-state index contributed by atoms with van der Waals surface area (Å²) in [6.07, 6.45) is -5.56. The Balaban J connectivity index is 1.60. The van der Waals surface area contributed by atoms with E-state index in [9.17, 15) is 50.1 Å². The Kier molecular flexibility index (Phi) is 21.7. The zero-order valence-corrected chi connectivity index (χ0v) is 43.8. The SMILES string of the molecule is CCC1/C=C(/C)C(O)C/C=C/C=C(/COC2OC(C)C(OC(=O)c3c(C)c(Cl)c(O)c(Cl)c3O)C(O)C2OC)C(=O)OC(C(C)O)C/C=C(C)/C=C(\C)C1OC1OC(C)(C)C(OC(=O)C(C)C)C(O)C1O. The third kappa shape index (κ3) is 14.7. The molecule has 0 bridgehead atoms. The summed E-state index contributed by atoms with van der Waals surface area (Å²) in [5.41, 5.74) is 0.193. The molecule has 20 heteroatoms. The summed E-state index contributed by atoms with van der Waals surface area (Å²) in [6, 6.07) is 0. The van der Waals surface area contributed by atoms with Crippen LogP contribution in [-0.4, -0.2) is 153 Å². The number of aliphatic hydroxyl groups is 5. The summed E-state index contributed by atoms with van der Waals surface area (Å²) in [7, 11) is 1.26. The van der Waals surface area contributed by atoms with Gasteiger partial charge in [-0.3, -0.25) is 4.79 Å². The first-order valence-electron chi connectivity index (χ1n) is 23.6. The number of benzene rings is 1. The molecule has 71 heavy (non-hydrogen) atoms. The number of phenols is 2. The number of aliphatic hydroxyl groups excluding tert-OH is 5. The lowest BCUT2D eigenvalue weighted by Gasteiger charge is -2.47. The molecule has 0 radical (unpaired) electrons. The van der Waals surface area contributed by atoms with Crippen molar-refractivity contribution in [3.8, 4) is 11.5 Å². The second-order valence-corrected chi connectivity index (χ2v) is 19.9.